The fraction of sp³-hybridized carbons (Fsp3) is 0.846. The first-order valence-electron chi connectivity index (χ1n) is 6.99. The van der Waals surface area contributed by atoms with Crippen molar-refractivity contribution in [2.24, 2.45) is 11.7 Å². The maximum absolute atomic E-state index is 12.1. The highest BCUT2D eigenvalue weighted by molar-refractivity contribution is 5.85. The van der Waals surface area contributed by atoms with Crippen LogP contribution in [0.1, 0.15) is 38.5 Å². The minimum atomic E-state index is -0.0121. The molecule has 1 heterocycles. The van der Waals surface area contributed by atoms with E-state index in [9.17, 15) is 9.59 Å². The molecule has 5 nitrogen and oxygen atoms in total. The number of nitrogens with one attached hydrogen (secondary N) is 1. The van der Waals surface area contributed by atoms with Crippen LogP contribution in [0.15, 0.2) is 0 Å². The number of nitrogens with two attached hydrogens (primary N) is 1. The smallest absolute Gasteiger partial charge is 0.225 e. The first-order valence-corrected chi connectivity index (χ1v) is 6.99. The molecular weight excluding hydrogens is 266 g/mol. The second kappa shape index (κ2) is 7.70. The third kappa shape index (κ3) is 4.66. The van der Waals surface area contributed by atoms with Crippen LogP contribution < -0.4 is 11.1 Å². The lowest BCUT2D eigenvalue weighted by molar-refractivity contribution is -0.136. The number of carbonyl (C=O) groups excluding carboxylic acids is 2. The Morgan fingerprint density at radius 1 is 1.21 bits per heavy atom. The highest BCUT2D eigenvalue weighted by atomic mass is 35.5. The summed E-state index contributed by atoms with van der Waals surface area (Å²) < 4.78 is 0. The zero-order valence-electron chi connectivity index (χ0n) is 11.3. The zero-order chi connectivity index (χ0) is 13.0. The zero-order valence-corrected chi connectivity index (χ0v) is 12.1. The molecule has 110 valence electrons. The van der Waals surface area contributed by atoms with Gasteiger partial charge in [0.2, 0.25) is 11.8 Å². The van der Waals surface area contributed by atoms with Crippen LogP contribution in [0.5, 0.6) is 0 Å². The van der Waals surface area contributed by atoms with Gasteiger partial charge >= 0.3 is 0 Å². The van der Waals surface area contributed by atoms with E-state index >= 15 is 0 Å². The molecular formula is C13H24ClN3O2. The Hall–Kier alpha value is -0.810. The van der Waals surface area contributed by atoms with E-state index in [0.717, 1.165) is 38.6 Å². The van der Waals surface area contributed by atoms with Gasteiger partial charge in [0.1, 0.15) is 0 Å². The maximum Gasteiger partial charge on any atom is 0.225 e. The average Bonchev–Trinajstić information content (AvgIpc) is 3.20. The highest BCUT2D eigenvalue weighted by Gasteiger charge is 2.37. The summed E-state index contributed by atoms with van der Waals surface area (Å²) in [5.74, 6) is 0.556. The van der Waals surface area contributed by atoms with Crippen LogP contribution in [0, 0.1) is 5.92 Å². The number of rotatable bonds is 5. The van der Waals surface area contributed by atoms with E-state index in [1.807, 2.05) is 4.90 Å². The number of amides is 2. The van der Waals surface area contributed by atoms with Gasteiger partial charge in [0.05, 0.1) is 0 Å². The Labute approximate surface area is 120 Å². The van der Waals surface area contributed by atoms with Crippen molar-refractivity contribution in [3.8, 4) is 0 Å². The lowest BCUT2D eigenvalue weighted by Crippen LogP contribution is -2.50. The van der Waals surface area contributed by atoms with E-state index in [-0.39, 0.29) is 30.3 Å². The number of hydrogen-bond acceptors (Lipinski definition) is 3. The lowest BCUT2D eigenvalue weighted by atomic mass is 10.0. The third-order valence-corrected chi connectivity index (χ3v) is 3.74. The van der Waals surface area contributed by atoms with E-state index in [0.29, 0.717) is 25.4 Å². The Balaban J connectivity index is 0.00000180. The van der Waals surface area contributed by atoms with Crippen LogP contribution in [0.2, 0.25) is 0 Å². The van der Waals surface area contributed by atoms with Crippen molar-refractivity contribution < 1.29 is 9.59 Å². The van der Waals surface area contributed by atoms with Gasteiger partial charge in [0.15, 0.2) is 0 Å². The number of piperidine rings is 1. The van der Waals surface area contributed by atoms with Crippen molar-refractivity contribution in [2.75, 3.05) is 19.6 Å². The topological polar surface area (TPSA) is 75.4 Å². The molecule has 1 unspecified atom stereocenters. The summed E-state index contributed by atoms with van der Waals surface area (Å²) in [6.45, 7) is 1.81. The van der Waals surface area contributed by atoms with Crippen LogP contribution in [-0.2, 0) is 9.59 Å². The van der Waals surface area contributed by atoms with Crippen molar-refractivity contribution in [3.05, 3.63) is 0 Å². The minimum absolute atomic E-state index is 0. The van der Waals surface area contributed by atoms with Crippen LogP contribution in [-0.4, -0.2) is 42.4 Å². The summed E-state index contributed by atoms with van der Waals surface area (Å²) in [5.41, 5.74) is 5.34. The van der Waals surface area contributed by atoms with Gasteiger partial charge in [-0.1, -0.05) is 0 Å². The summed E-state index contributed by atoms with van der Waals surface area (Å²) in [6.07, 6.45) is 5.69. The predicted octanol–water partition coefficient (Wildman–Crippen LogP) is 0.664. The van der Waals surface area contributed by atoms with Crippen LogP contribution in [0.25, 0.3) is 0 Å². The van der Waals surface area contributed by atoms with Crippen molar-refractivity contribution in [2.45, 2.75) is 44.6 Å². The van der Waals surface area contributed by atoms with Crippen LogP contribution in [0.3, 0.4) is 0 Å². The van der Waals surface area contributed by atoms with E-state index in [1.54, 1.807) is 0 Å². The minimum Gasteiger partial charge on any atom is -0.354 e. The molecule has 2 fully saturated rings. The fourth-order valence-corrected chi connectivity index (χ4v) is 2.52. The van der Waals surface area contributed by atoms with Gasteiger partial charge < -0.3 is 16.0 Å². The molecule has 2 aliphatic rings. The summed E-state index contributed by atoms with van der Waals surface area (Å²) in [6, 6.07) is 0.188. The van der Waals surface area contributed by atoms with Gasteiger partial charge in [-0.25, -0.2) is 0 Å². The molecule has 2 rings (SSSR count). The number of carbonyl (C=O) groups is 2. The predicted molar refractivity (Wildman–Crippen MR) is 76.0 cm³/mol. The number of halogens is 1. The van der Waals surface area contributed by atoms with Gasteiger partial charge in [-0.2, -0.15) is 0 Å². The molecule has 19 heavy (non-hydrogen) atoms. The van der Waals surface area contributed by atoms with Gasteiger partial charge in [-0.15, -0.1) is 12.4 Å². The highest BCUT2D eigenvalue weighted by Crippen LogP contribution is 2.33. The quantitative estimate of drug-likeness (QED) is 0.781. The molecule has 0 bridgehead atoms. The van der Waals surface area contributed by atoms with Crippen molar-refractivity contribution in [3.63, 3.8) is 0 Å². The molecule has 1 atom stereocenters. The number of likely N-dealkylation sites (tertiary alicyclic amines) is 1. The van der Waals surface area contributed by atoms with Gasteiger partial charge in [0.25, 0.3) is 0 Å². The SMILES string of the molecule is Cl.NCCC(=O)NCC1CCCCN1C(=O)C1CC1. The number of hydrogen-bond donors (Lipinski definition) is 2. The maximum atomic E-state index is 12.1. The van der Waals surface area contributed by atoms with Crippen molar-refractivity contribution >= 4 is 24.2 Å². The monoisotopic (exact) mass is 289 g/mol. The molecule has 0 spiro atoms. The molecule has 0 aromatic rings. The van der Waals surface area contributed by atoms with Gasteiger partial charge in [-0.05, 0) is 32.1 Å². The fourth-order valence-electron chi connectivity index (χ4n) is 2.52. The molecule has 6 heteroatoms. The normalized spacial score (nSPS) is 22.6. The molecule has 0 aromatic heterocycles. The molecule has 0 aromatic carbocycles. The largest absolute Gasteiger partial charge is 0.354 e. The molecule has 1 saturated carbocycles. The Morgan fingerprint density at radius 3 is 2.58 bits per heavy atom. The summed E-state index contributed by atoms with van der Waals surface area (Å²) in [5, 5.41) is 2.88. The van der Waals surface area contributed by atoms with Crippen LogP contribution in [0.4, 0.5) is 0 Å². The summed E-state index contributed by atoms with van der Waals surface area (Å²) in [4.78, 5) is 25.5. The molecule has 1 aliphatic heterocycles. The van der Waals surface area contributed by atoms with Gasteiger partial charge in [0, 0.05) is 38.0 Å². The second-order valence-electron chi connectivity index (χ2n) is 5.30. The Bertz CT molecular complexity index is 321. The van der Waals surface area contributed by atoms with Crippen molar-refractivity contribution in [1.29, 1.82) is 0 Å². The van der Waals surface area contributed by atoms with E-state index in [2.05, 4.69) is 5.32 Å². The van der Waals surface area contributed by atoms with Gasteiger partial charge in [-0.3, -0.25) is 9.59 Å². The van der Waals surface area contributed by atoms with E-state index < -0.39 is 0 Å². The van der Waals surface area contributed by atoms with E-state index in [4.69, 9.17) is 5.73 Å². The number of nitrogens with zero attached hydrogens (tertiary/aromatic N) is 1. The molecule has 1 aliphatic carbocycles. The molecule has 1 saturated heterocycles. The first kappa shape index (κ1) is 16.2. The van der Waals surface area contributed by atoms with Crippen molar-refractivity contribution in [1.82, 2.24) is 10.2 Å². The molecule has 0 radical (unpaired) electrons. The summed E-state index contributed by atoms with van der Waals surface area (Å²) in [7, 11) is 0. The average molecular weight is 290 g/mol. The lowest BCUT2D eigenvalue weighted by Gasteiger charge is -2.36. The first-order chi connectivity index (χ1) is 8.72. The standard InChI is InChI=1S/C13H23N3O2.ClH/c14-7-6-12(17)15-9-11-3-1-2-8-16(11)13(18)10-4-5-10;/h10-11H,1-9,14H2,(H,15,17);1H. The van der Waals surface area contributed by atoms with Crippen LogP contribution >= 0.6 is 12.4 Å². The van der Waals surface area contributed by atoms with E-state index in [1.165, 1.54) is 0 Å². The second-order valence-corrected chi connectivity index (χ2v) is 5.30. The molecule has 3 N–H and O–H groups in total. The third-order valence-electron chi connectivity index (χ3n) is 3.74. The Morgan fingerprint density at radius 2 is 1.95 bits per heavy atom. The molecule has 2 amide bonds. The Kier molecular flexibility index (Phi) is 6.58. The summed E-state index contributed by atoms with van der Waals surface area (Å²) >= 11 is 0.